The summed E-state index contributed by atoms with van der Waals surface area (Å²) in [6.07, 6.45) is -0.412. The summed E-state index contributed by atoms with van der Waals surface area (Å²) in [6, 6.07) is 14.2. The molecular formula is C31H39ClN4O6. The molecule has 0 spiro atoms. The number of hydrogen-bond donors (Lipinski definition) is 2. The second kappa shape index (κ2) is 12.7. The molecule has 4 rings (SSSR count). The molecule has 0 aliphatic carbocycles. The maximum atomic E-state index is 13.8. The maximum absolute atomic E-state index is 13.8. The van der Waals surface area contributed by atoms with Gasteiger partial charge in [-0.25, -0.2) is 9.59 Å². The van der Waals surface area contributed by atoms with Crippen molar-refractivity contribution in [3.63, 3.8) is 0 Å². The first-order chi connectivity index (χ1) is 19.7. The summed E-state index contributed by atoms with van der Waals surface area (Å²) >= 11 is 6.82. The Bertz CT molecular complexity index is 1330. The van der Waals surface area contributed by atoms with Crippen molar-refractivity contribution in [1.82, 2.24) is 10.2 Å². The van der Waals surface area contributed by atoms with E-state index in [1.807, 2.05) is 44.2 Å². The average Bonchev–Trinajstić information content (AvgIpc) is 2.87. The summed E-state index contributed by atoms with van der Waals surface area (Å²) in [5, 5.41) is 6.25. The number of anilines is 1. The lowest BCUT2D eigenvalue weighted by molar-refractivity contribution is -0.136. The van der Waals surface area contributed by atoms with E-state index in [0.29, 0.717) is 24.1 Å². The van der Waals surface area contributed by atoms with Gasteiger partial charge in [0.25, 0.3) is 0 Å². The zero-order valence-electron chi connectivity index (χ0n) is 24.9. The van der Waals surface area contributed by atoms with Crippen LogP contribution in [0.25, 0.3) is 0 Å². The molecule has 1 unspecified atom stereocenters. The van der Waals surface area contributed by atoms with Crippen LogP contribution in [-0.4, -0.2) is 52.8 Å². The standard InChI is InChI=1S/C31H39ClN4O6/c1-19-15-22(16-20(2)41-19)36-25(37)17-31(6,35-27(36)34-29(39)42-30(3,4)5)23-13-10-14-24(26(23)32)33-28(38)40-18-21-11-8-7-9-12-21/h7-14,19-20,22H,15-18H2,1-6H3,(H,33,38)(H,34,35,39)/t19-,20+,22?,31-/m0/s1. The van der Waals surface area contributed by atoms with Crippen LogP contribution < -0.4 is 10.6 Å². The molecule has 2 aromatic rings. The number of nitrogens with one attached hydrogen (secondary N) is 2. The van der Waals surface area contributed by atoms with Gasteiger partial charge in [-0.3, -0.25) is 15.0 Å². The highest BCUT2D eigenvalue weighted by molar-refractivity contribution is 6.34. The Morgan fingerprint density at radius 2 is 1.79 bits per heavy atom. The van der Waals surface area contributed by atoms with Crippen molar-refractivity contribution in [3.05, 3.63) is 64.7 Å². The summed E-state index contributed by atoms with van der Waals surface area (Å²) in [5.41, 5.74) is -0.112. The highest BCUT2D eigenvalue weighted by Crippen LogP contribution is 2.39. The van der Waals surface area contributed by atoms with E-state index in [2.05, 4.69) is 15.6 Å². The van der Waals surface area contributed by atoms with Crippen LogP contribution in [-0.2, 0) is 31.2 Å². The third-order valence-corrected chi connectivity index (χ3v) is 7.47. The van der Waals surface area contributed by atoms with E-state index in [9.17, 15) is 14.4 Å². The third-order valence-electron chi connectivity index (χ3n) is 7.06. The largest absolute Gasteiger partial charge is 0.444 e. The van der Waals surface area contributed by atoms with Gasteiger partial charge in [0.15, 0.2) is 0 Å². The lowest BCUT2D eigenvalue weighted by Crippen LogP contribution is -2.64. The predicted molar refractivity (Wildman–Crippen MR) is 160 cm³/mol. The highest BCUT2D eigenvalue weighted by atomic mass is 35.5. The fraction of sp³-hybridized carbons (Fsp3) is 0.484. The quantitative estimate of drug-likeness (QED) is 0.410. The molecule has 2 aromatic carbocycles. The number of carbonyl (C=O) groups is 3. The molecule has 2 aliphatic heterocycles. The summed E-state index contributed by atoms with van der Waals surface area (Å²) in [6.45, 7) is 11.1. The number of rotatable bonds is 5. The van der Waals surface area contributed by atoms with Crippen molar-refractivity contribution in [2.75, 3.05) is 5.32 Å². The van der Waals surface area contributed by atoms with Gasteiger partial charge in [-0.15, -0.1) is 4.99 Å². The van der Waals surface area contributed by atoms with Crippen LogP contribution in [0.5, 0.6) is 0 Å². The molecule has 2 aliphatic rings. The van der Waals surface area contributed by atoms with Crippen LogP contribution in [0.1, 0.15) is 71.9 Å². The van der Waals surface area contributed by atoms with Gasteiger partial charge in [0.1, 0.15) is 12.2 Å². The van der Waals surface area contributed by atoms with Crippen molar-refractivity contribution in [2.24, 2.45) is 4.99 Å². The molecule has 2 fully saturated rings. The van der Waals surface area contributed by atoms with Crippen molar-refractivity contribution in [2.45, 2.75) is 96.8 Å². The Hall–Kier alpha value is -3.63. The summed E-state index contributed by atoms with van der Waals surface area (Å²) in [7, 11) is 0. The molecule has 2 N–H and O–H groups in total. The van der Waals surface area contributed by atoms with Crippen LogP contribution in [0.15, 0.2) is 53.5 Å². The van der Waals surface area contributed by atoms with Gasteiger partial charge in [0, 0.05) is 6.04 Å². The number of nitrogens with zero attached hydrogens (tertiary/aromatic N) is 2. The zero-order valence-corrected chi connectivity index (χ0v) is 25.7. The van der Waals surface area contributed by atoms with Gasteiger partial charge in [0.2, 0.25) is 11.9 Å². The third kappa shape index (κ3) is 7.80. The van der Waals surface area contributed by atoms with Crippen LogP contribution in [0.2, 0.25) is 5.02 Å². The van der Waals surface area contributed by atoms with E-state index in [4.69, 9.17) is 25.8 Å². The zero-order chi connectivity index (χ0) is 30.7. The monoisotopic (exact) mass is 598 g/mol. The minimum atomic E-state index is -1.06. The van der Waals surface area contributed by atoms with Gasteiger partial charge in [-0.05, 0) is 71.6 Å². The second-order valence-corrected chi connectivity index (χ2v) is 12.4. The number of amides is 3. The predicted octanol–water partition coefficient (Wildman–Crippen LogP) is 6.37. The molecule has 10 nitrogen and oxygen atoms in total. The highest BCUT2D eigenvalue weighted by Gasteiger charge is 2.45. The molecule has 226 valence electrons. The minimum Gasteiger partial charge on any atom is -0.444 e. The number of ether oxygens (including phenoxy) is 3. The fourth-order valence-corrected chi connectivity index (χ4v) is 5.74. The van der Waals surface area contributed by atoms with Gasteiger partial charge in [0.05, 0.1) is 34.9 Å². The van der Waals surface area contributed by atoms with E-state index in [-0.39, 0.29) is 48.2 Å². The maximum Gasteiger partial charge on any atom is 0.437 e. The van der Waals surface area contributed by atoms with Gasteiger partial charge >= 0.3 is 12.2 Å². The fourth-order valence-electron chi connectivity index (χ4n) is 5.35. The van der Waals surface area contributed by atoms with E-state index in [0.717, 1.165) is 5.56 Å². The van der Waals surface area contributed by atoms with Crippen molar-refractivity contribution in [3.8, 4) is 0 Å². The average molecular weight is 599 g/mol. The number of hydrogen-bond acceptors (Lipinski definition) is 6. The molecule has 42 heavy (non-hydrogen) atoms. The van der Waals surface area contributed by atoms with Crippen LogP contribution in [0.3, 0.4) is 0 Å². The molecule has 0 bridgehead atoms. The topological polar surface area (TPSA) is 119 Å². The first kappa shape index (κ1) is 31.3. The number of benzene rings is 2. The van der Waals surface area contributed by atoms with Crippen LogP contribution in [0, 0.1) is 0 Å². The minimum absolute atomic E-state index is 0.0298. The first-order valence-electron chi connectivity index (χ1n) is 14.1. The Kier molecular flexibility index (Phi) is 9.47. The SMILES string of the molecule is C[C@@H]1CC(N2C(=O)C[C@@](C)(c3cccc(NC(=O)OCc4ccccc4)c3Cl)N/C2=N\C(=O)OC(C)(C)C)C[C@H](C)O1. The van der Waals surface area contributed by atoms with Crippen LogP contribution in [0.4, 0.5) is 15.3 Å². The molecule has 2 saturated heterocycles. The molecular weight excluding hydrogens is 560 g/mol. The molecule has 0 aromatic heterocycles. The summed E-state index contributed by atoms with van der Waals surface area (Å²) in [4.78, 5) is 45.0. The smallest absolute Gasteiger partial charge is 0.437 e. The van der Waals surface area contributed by atoms with Gasteiger partial charge in [-0.2, -0.15) is 0 Å². The molecule has 0 radical (unpaired) electrons. The molecule has 0 saturated carbocycles. The molecule has 11 heteroatoms. The van der Waals surface area contributed by atoms with Gasteiger partial charge in [-0.1, -0.05) is 54.1 Å². The van der Waals surface area contributed by atoms with Crippen molar-refractivity contribution >= 4 is 41.3 Å². The summed E-state index contributed by atoms with van der Waals surface area (Å²) in [5.74, 6) is -0.132. The lowest BCUT2D eigenvalue weighted by atomic mass is 9.85. The van der Waals surface area contributed by atoms with Crippen LogP contribution >= 0.6 is 11.6 Å². The lowest BCUT2D eigenvalue weighted by Gasteiger charge is -2.46. The number of halogens is 1. The Balaban J connectivity index is 1.61. The van der Waals surface area contributed by atoms with E-state index in [1.165, 1.54) is 0 Å². The van der Waals surface area contributed by atoms with Crippen molar-refractivity contribution in [1.29, 1.82) is 0 Å². The Morgan fingerprint density at radius 3 is 2.43 bits per heavy atom. The van der Waals surface area contributed by atoms with Gasteiger partial charge < -0.3 is 19.5 Å². The van der Waals surface area contributed by atoms with E-state index in [1.54, 1.807) is 50.8 Å². The Morgan fingerprint density at radius 1 is 1.12 bits per heavy atom. The second-order valence-electron chi connectivity index (χ2n) is 12.0. The van der Waals surface area contributed by atoms with E-state index < -0.39 is 23.3 Å². The van der Waals surface area contributed by atoms with E-state index >= 15 is 0 Å². The van der Waals surface area contributed by atoms with Crippen molar-refractivity contribution < 1.29 is 28.6 Å². The normalized spacial score (nSPS) is 25.5. The molecule has 4 atom stereocenters. The molecule has 3 amide bonds. The number of aliphatic imine (C=N–C) groups is 1. The molecule has 2 heterocycles. The summed E-state index contributed by atoms with van der Waals surface area (Å²) < 4.78 is 16.7. The number of guanidine groups is 1. The Labute approximate surface area is 251 Å². The number of carbonyl (C=O) groups excluding carboxylic acids is 3. The first-order valence-corrected chi connectivity index (χ1v) is 14.5.